The summed E-state index contributed by atoms with van der Waals surface area (Å²) in [4.78, 5) is 6.70. The van der Waals surface area contributed by atoms with Gasteiger partial charge in [0.1, 0.15) is 0 Å². The van der Waals surface area contributed by atoms with Crippen molar-refractivity contribution in [3.63, 3.8) is 0 Å². The average molecular weight is 473 g/mol. The molecule has 1 aliphatic heterocycles. The van der Waals surface area contributed by atoms with Crippen molar-refractivity contribution < 1.29 is 4.52 Å². The Hall–Kier alpha value is -3.48. The van der Waals surface area contributed by atoms with E-state index in [4.69, 9.17) is 33.3 Å². The van der Waals surface area contributed by atoms with Crippen molar-refractivity contribution in [3.05, 3.63) is 107 Å². The van der Waals surface area contributed by atoms with Crippen molar-refractivity contribution in [2.24, 2.45) is 0 Å². The van der Waals surface area contributed by atoms with Gasteiger partial charge in [-0.3, -0.25) is 4.90 Å². The van der Waals surface area contributed by atoms with Gasteiger partial charge in [-0.15, -0.1) is 0 Å². The molecule has 2 heterocycles. The zero-order valence-electron chi connectivity index (χ0n) is 18.1. The first kappa shape index (κ1) is 21.4. The zero-order valence-corrected chi connectivity index (χ0v) is 19.7. The molecule has 1 aromatic heterocycles. The molecule has 0 fully saturated rings. The number of anilines is 1. The Balaban J connectivity index is 1.66. The first-order valence-corrected chi connectivity index (χ1v) is 11.3. The van der Waals surface area contributed by atoms with E-state index in [0.29, 0.717) is 21.9 Å². The molecule has 1 N–H and O–H groups in total. The Labute approximate surface area is 202 Å². The summed E-state index contributed by atoms with van der Waals surface area (Å²) >= 11 is 12.1. The van der Waals surface area contributed by atoms with Gasteiger partial charge in [0.15, 0.2) is 5.11 Å². The number of nitrogens with one attached hydrogen (secondary N) is 1. The Kier molecular flexibility index (Phi) is 5.70. The van der Waals surface area contributed by atoms with Gasteiger partial charge in [-0.25, -0.2) is 0 Å². The lowest BCUT2D eigenvalue weighted by molar-refractivity contribution is 0.404. The number of halogens is 1. The van der Waals surface area contributed by atoms with Gasteiger partial charge in [-0.1, -0.05) is 83.0 Å². The topological polar surface area (TPSA) is 54.2 Å². The van der Waals surface area contributed by atoms with Crippen LogP contribution >= 0.6 is 23.8 Å². The summed E-state index contributed by atoms with van der Waals surface area (Å²) in [6, 6.07) is 25.5. The van der Waals surface area contributed by atoms with E-state index in [1.165, 1.54) is 5.56 Å². The zero-order chi connectivity index (χ0) is 22.9. The van der Waals surface area contributed by atoms with Gasteiger partial charge in [0.05, 0.1) is 11.6 Å². The van der Waals surface area contributed by atoms with Crippen LogP contribution in [0.15, 0.2) is 89.1 Å². The van der Waals surface area contributed by atoms with Crippen LogP contribution in [0.2, 0.25) is 5.02 Å². The number of aryl methyl sites for hydroxylation is 1. The van der Waals surface area contributed by atoms with Crippen LogP contribution in [0.4, 0.5) is 5.69 Å². The average Bonchev–Trinajstić information content (AvgIpc) is 3.30. The van der Waals surface area contributed by atoms with E-state index >= 15 is 0 Å². The number of rotatable bonds is 4. The Morgan fingerprint density at radius 3 is 2.45 bits per heavy atom. The molecule has 0 spiro atoms. The molecule has 3 aromatic carbocycles. The lowest BCUT2D eigenvalue weighted by Gasteiger charge is -2.37. The fourth-order valence-electron chi connectivity index (χ4n) is 3.99. The molecule has 0 saturated carbocycles. The second kappa shape index (κ2) is 8.81. The Bertz CT molecular complexity index is 1350. The molecule has 0 radical (unpaired) electrons. The second-order valence-electron chi connectivity index (χ2n) is 7.90. The van der Waals surface area contributed by atoms with Crippen LogP contribution in [0, 0.1) is 6.92 Å². The van der Waals surface area contributed by atoms with E-state index in [1.54, 1.807) is 0 Å². The Morgan fingerprint density at radius 2 is 1.73 bits per heavy atom. The van der Waals surface area contributed by atoms with Crippen molar-refractivity contribution in [1.82, 2.24) is 15.5 Å². The van der Waals surface area contributed by atoms with Gasteiger partial charge in [0, 0.05) is 22.0 Å². The minimum atomic E-state index is -0.238. The number of allylic oxidation sites excluding steroid dienone is 1. The summed E-state index contributed by atoms with van der Waals surface area (Å²) < 4.78 is 5.79. The van der Waals surface area contributed by atoms with Crippen molar-refractivity contribution in [2.75, 3.05) is 4.90 Å². The maximum absolute atomic E-state index is 6.28. The highest BCUT2D eigenvalue weighted by Gasteiger charge is 2.34. The van der Waals surface area contributed by atoms with Crippen LogP contribution in [-0.4, -0.2) is 15.3 Å². The van der Waals surface area contributed by atoms with Crippen molar-refractivity contribution in [1.29, 1.82) is 0 Å². The van der Waals surface area contributed by atoms with E-state index in [0.717, 1.165) is 28.1 Å². The van der Waals surface area contributed by atoms with Gasteiger partial charge >= 0.3 is 0 Å². The maximum atomic E-state index is 6.28. The van der Waals surface area contributed by atoms with Crippen LogP contribution in [0.1, 0.15) is 30.0 Å². The van der Waals surface area contributed by atoms with Crippen LogP contribution in [0.25, 0.3) is 17.0 Å². The molecule has 0 bridgehead atoms. The molecular weight excluding hydrogens is 452 g/mol. The third kappa shape index (κ3) is 4.15. The monoisotopic (exact) mass is 472 g/mol. The first-order valence-electron chi connectivity index (χ1n) is 10.5. The standard InChI is InChI=1S/C26H21ClN4OS/c1-16-11-13-18(14-12-16)23-22(25-29-24(30-32-25)19-7-4-3-5-8-19)17(2)31(26(33)28-23)21-10-6-9-20(27)15-21/h3-15,23H,1-2H3,(H,28,33). The van der Waals surface area contributed by atoms with E-state index in [-0.39, 0.29) is 6.04 Å². The molecule has 7 heteroatoms. The number of thiocarbonyl (C=S) groups is 1. The molecule has 1 aliphatic rings. The van der Waals surface area contributed by atoms with Gasteiger partial charge in [0.25, 0.3) is 5.89 Å². The maximum Gasteiger partial charge on any atom is 0.258 e. The molecule has 5 rings (SSSR count). The highest BCUT2D eigenvalue weighted by molar-refractivity contribution is 7.80. The van der Waals surface area contributed by atoms with E-state index in [1.807, 2.05) is 66.4 Å². The molecule has 0 amide bonds. The van der Waals surface area contributed by atoms with Crippen LogP contribution < -0.4 is 10.2 Å². The smallest absolute Gasteiger partial charge is 0.258 e. The first-order chi connectivity index (χ1) is 16.0. The molecule has 164 valence electrons. The molecule has 0 saturated heterocycles. The third-order valence-electron chi connectivity index (χ3n) is 5.65. The minimum absolute atomic E-state index is 0.238. The second-order valence-corrected chi connectivity index (χ2v) is 8.72. The molecule has 1 unspecified atom stereocenters. The molecule has 5 nitrogen and oxygen atoms in total. The number of hydrogen-bond donors (Lipinski definition) is 1. The number of aromatic nitrogens is 2. The van der Waals surface area contributed by atoms with Crippen molar-refractivity contribution >= 4 is 40.2 Å². The molecular formula is C26H21ClN4OS. The number of benzene rings is 3. The predicted octanol–water partition coefficient (Wildman–Crippen LogP) is 6.57. The van der Waals surface area contributed by atoms with E-state index < -0.39 is 0 Å². The largest absolute Gasteiger partial charge is 0.351 e. The predicted molar refractivity (Wildman–Crippen MR) is 136 cm³/mol. The SMILES string of the molecule is CC1=C(c2nc(-c3ccccc3)no2)C(c2ccc(C)cc2)NC(=S)N1c1cccc(Cl)c1. The summed E-state index contributed by atoms with van der Waals surface area (Å²) in [5, 5.41) is 8.94. The normalized spacial score (nSPS) is 16.2. The molecule has 33 heavy (non-hydrogen) atoms. The lowest BCUT2D eigenvalue weighted by Crippen LogP contribution is -2.46. The fourth-order valence-corrected chi connectivity index (χ4v) is 4.54. The lowest BCUT2D eigenvalue weighted by atomic mass is 9.94. The fraction of sp³-hybridized carbons (Fsp3) is 0.115. The molecule has 4 aromatic rings. The molecule has 1 atom stereocenters. The minimum Gasteiger partial charge on any atom is -0.351 e. The number of nitrogens with zero attached hydrogens (tertiary/aromatic N) is 3. The Morgan fingerprint density at radius 1 is 0.970 bits per heavy atom. The van der Waals surface area contributed by atoms with Gasteiger partial charge in [0.2, 0.25) is 5.82 Å². The van der Waals surface area contributed by atoms with Crippen molar-refractivity contribution in [3.8, 4) is 11.4 Å². The van der Waals surface area contributed by atoms with E-state index in [2.05, 4.69) is 41.7 Å². The highest BCUT2D eigenvalue weighted by Crippen LogP contribution is 2.39. The highest BCUT2D eigenvalue weighted by atomic mass is 35.5. The summed E-state index contributed by atoms with van der Waals surface area (Å²) in [7, 11) is 0. The molecule has 0 aliphatic carbocycles. The van der Waals surface area contributed by atoms with Gasteiger partial charge < -0.3 is 9.84 Å². The van der Waals surface area contributed by atoms with Crippen molar-refractivity contribution in [2.45, 2.75) is 19.9 Å². The van der Waals surface area contributed by atoms with Gasteiger partial charge in [-0.05, 0) is 49.8 Å². The van der Waals surface area contributed by atoms with Gasteiger partial charge in [-0.2, -0.15) is 4.98 Å². The van der Waals surface area contributed by atoms with Crippen LogP contribution in [0.5, 0.6) is 0 Å². The summed E-state index contributed by atoms with van der Waals surface area (Å²) in [5.41, 5.74) is 5.76. The summed E-state index contributed by atoms with van der Waals surface area (Å²) in [6.07, 6.45) is 0. The quantitative estimate of drug-likeness (QED) is 0.339. The van der Waals surface area contributed by atoms with Crippen LogP contribution in [0.3, 0.4) is 0 Å². The summed E-state index contributed by atoms with van der Waals surface area (Å²) in [6.45, 7) is 4.08. The van der Waals surface area contributed by atoms with Crippen LogP contribution in [-0.2, 0) is 0 Å². The summed E-state index contributed by atoms with van der Waals surface area (Å²) in [5.74, 6) is 0.981. The van der Waals surface area contributed by atoms with E-state index in [9.17, 15) is 0 Å². The third-order valence-corrected chi connectivity index (χ3v) is 6.19. The number of hydrogen-bond acceptors (Lipinski definition) is 4.